The molecule has 0 saturated carbocycles. The summed E-state index contributed by atoms with van der Waals surface area (Å²) in [5, 5.41) is 12.6. The Morgan fingerprint density at radius 3 is 2.89 bits per heavy atom. The van der Waals surface area contributed by atoms with Crippen molar-refractivity contribution in [1.29, 1.82) is 0 Å². The molecular weight excluding hydrogens is 272 g/mol. The van der Waals surface area contributed by atoms with Crippen LogP contribution in [0.25, 0.3) is 22.2 Å². The Morgan fingerprint density at radius 2 is 2.16 bits per heavy atom. The zero-order valence-electron chi connectivity index (χ0n) is 9.68. The first-order valence-corrected chi connectivity index (χ1v) is 5.68. The molecule has 0 bridgehead atoms. The molecule has 8 heteroatoms. The van der Waals surface area contributed by atoms with Gasteiger partial charge in [-0.05, 0) is 12.1 Å². The molecule has 2 heterocycles. The van der Waals surface area contributed by atoms with Crippen LogP contribution in [0.3, 0.4) is 0 Å². The molecule has 1 N–H and O–H groups in total. The summed E-state index contributed by atoms with van der Waals surface area (Å²) in [6.07, 6.45) is 0. The molecule has 7 nitrogen and oxygen atoms in total. The Labute approximate surface area is 110 Å². The van der Waals surface area contributed by atoms with Crippen LogP contribution in [0.4, 0.5) is 0 Å². The maximum atomic E-state index is 12.2. The predicted molar refractivity (Wildman–Crippen MR) is 69.1 cm³/mol. The van der Waals surface area contributed by atoms with Gasteiger partial charge in [0, 0.05) is 18.1 Å². The van der Waals surface area contributed by atoms with Crippen LogP contribution in [-0.4, -0.2) is 14.5 Å². The lowest BCUT2D eigenvalue weighted by atomic mass is 10.3. The Hall–Kier alpha value is -2.41. The van der Waals surface area contributed by atoms with Crippen molar-refractivity contribution in [1.82, 2.24) is 14.5 Å². The van der Waals surface area contributed by atoms with Crippen LogP contribution in [0.2, 0.25) is 5.02 Å². The Kier molecular flexibility index (Phi) is 2.33. The minimum atomic E-state index is -0.705. The van der Waals surface area contributed by atoms with Gasteiger partial charge in [-0.1, -0.05) is 11.6 Å². The molecule has 3 rings (SSSR count). The number of rotatable bonds is 0. The third-order valence-electron chi connectivity index (χ3n) is 2.85. The minimum absolute atomic E-state index is 0.0436. The second-order valence-corrected chi connectivity index (χ2v) is 4.47. The van der Waals surface area contributed by atoms with Gasteiger partial charge in [0.15, 0.2) is 0 Å². The van der Waals surface area contributed by atoms with Gasteiger partial charge in [0.2, 0.25) is 11.2 Å². The second-order valence-electron chi connectivity index (χ2n) is 4.03. The molecule has 0 atom stereocenters. The quantitative estimate of drug-likeness (QED) is 0.357. The number of benzene rings is 1. The number of nitrogens with zero attached hydrogens (tertiary/aromatic N) is 3. The molecule has 2 aromatic heterocycles. The van der Waals surface area contributed by atoms with Gasteiger partial charge < -0.3 is 5.21 Å². The van der Waals surface area contributed by atoms with Gasteiger partial charge in [0.1, 0.15) is 5.52 Å². The number of aromatic nitrogens is 4. The molecule has 0 unspecified atom stereocenters. The summed E-state index contributed by atoms with van der Waals surface area (Å²) in [5.41, 5.74) is -1.09. The van der Waals surface area contributed by atoms with Crippen molar-refractivity contribution < 1.29 is 4.73 Å². The Bertz CT molecular complexity index is 944. The highest BCUT2D eigenvalue weighted by Gasteiger charge is 2.18. The van der Waals surface area contributed by atoms with Gasteiger partial charge in [-0.3, -0.25) is 14.3 Å². The number of fused-ring (bicyclic) bond motifs is 2. The lowest BCUT2D eigenvalue weighted by molar-refractivity contribution is -0.549. The summed E-state index contributed by atoms with van der Waals surface area (Å²) in [6, 6.07) is 4.53. The maximum absolute atomic E-state index is 12.2. The fourth-order valence-electron chi connectivity index (χ4n) is 1.86. The van der Waals surface area contributed by atoms with E-state index in [1.807, 2.05) is 0 Å². The highest BCUT2D eigenvalue weighted by Crippen LogP contribution is 2.15. The van der Waals surface area contributed by atoms with Gasteiger partial charge in [-0.2, -0.15) is 4.73 Å². The van der Waals surface area contributed by atoms with Gasteiger partial charge in [-0.25, -0.2) is 9.78 Å². The Balaban J connectivity index is 2.66. The predicted octanol–water partition coefficient (Wildman–Crippen LogP) is 0.0618. The van der Waals surface area contributed by atoms with Gasteiger partial charge >= 0.3 is 16.8 Å². The van der Waals surface area contributed by atoms with E-state index in [9.17, 15) is 14.8 Å². The van der Waals surface area contributed by atoms with E-state index in [4.69, 9.17) is 11.6 Å². The molecule has 0 aliphatic rings. The minimum Gasteiger partial charge on any atom is -0.618 e. The highest BCUT2D eigenvalue weighted by atomic mass is 35.5. The van der Waals surface area contributed by atoms with E-state index >= 15 is 0 Å². The summed E-state index contributed by atoms with van der Waals surface area (Å²) in [7, 11) is 1.28. The van der Waals surface area contributed by atoms with E-state index in [-0.39, 0.29) is 16.7 Å². The molecule has 0 radical (unpaired) electrons. The van der Waals surface area contributed by atoms with Crippen LogP contribution in [0.1, 0.15) is 0 Å². The zero-order chi connectivity index (χ0) is 13.7. The standard InChI is InChI=1S/C11H7ClN4O3/c1-15-10(17)8-9(14-11(15)18)13-6-3-2-5(12)4-7(6)16(8)19/h2-4H,1H3,(H,13,14,18). The van der Waals surface area contributed by atoms with E-state index in [0.717, 1.165) is 4.57 Å². The molecule has 0 saturated heterocycles. The molecule has 3 aromatic rings. The van der Waals surface area contributed by atoms with Crippen LogP contribution in [-0.2, 0) is 7.05 Å². The highest BCUT2D eigenvalue weighted by molar-refractivity contribution is 6.31. The fraction of sp³-hybridized carbons (Fsp3) is 0.0909. The number of aromatic amines is 1. The van der Waals surface area contributed by atoms with Crippen LogP contribution in [0, 0.1) is 5.21 Å². The van der Waals surface area contributed by atoms with Crippen LogP contribution in [0.5, 0.6) is 0 Å². The van der Waals surface area contributed by atoms with E-state index in [1.54, 1.807) is 12.1 Å². The average Bonchev–Trinajstić information content (AvgIpc) is 2.37. The molecule has 0 amide bonds. The molecule has 96 valence electrons. The van der Waals surface area contributed by atoms with Gasteiger partial charge in [-0.15, -0.1) is 0 Å². The number of H-pyrrole nitrogens is 1. The van der Waals surface area contributed by atoms with Crippen LogP contribution >= 0.6 is 11.6 Å². The summed E-state index contributed by atoms with van der Waals surface area (Å²) >= 11 is 5.82. The van der Waals surface area contributed by atoms with Crippen molar-refractivity contribution >= 4 is 33.8 Å². The Morgan fingerprint density at radius 1 is 1.42 bits per heavy atom. The summed E-state index contributed by atoms with van der Waals surface area (Å²) in [6.45, 7) is 0. The zero-order valence-corrected chi connectivity index (χ0v) is 10.4. The molecule has 0 aliphatic carbocycles. The van der Waals surface area contributed by atoms with Crippen molar-refractivity contribution in [2.45, 2.75) is 0 Å². The summed E-state index contributed by atoms with van der Waals surface area (Å²) < 4.78 is 1.25. The molecule has 0 aliphatic heterocycles. The van der Waals surface area contributed by atoms with Crippen molar-refractivity contribution in [3.8, 4) is 0 Å². The number of hydrogen-bond acceptors (Lipinski definition) is 4. The third-order valence-corrected chi connectivity index (χ3v) is 3.09. The molecule has 19 heavy (non-hydrogen) atoms. The number of halogens is 1. The van der Waals surface area contributed by atoms with Crippen LogP contribution < -0.4 is 16.0 Å². The largest absolute Gasteiger partial charge is 0.618 e. The number of nitrogens with one attached hydrogen (secondary N) is 1. The molecule has 0 fully saturated rings. The van der Waals surface area contributed by atoms with Gasteiger partial charge in [0.25, 0.3) is 0 Å². The van der Waals surface area contributed by atoms with Crippen molar-refractivity contribution in [3.05, 3.63) is 49.3 Å². The molecule has 1 aromatic carbocycles. The second kappa shape index (κ2) is 3.79. The lowest BCUT2D eigenvalue weighted by Crippen LogP contribution is -2.41. The summed E-state index contributed by atoms with van der Waals surface area (Å²) in [4.78, 5) is 29.9. The first-order chi connectivity index (χ1) is 8.99. The smallest absolute Gasteiger partial charge is 0.331 e. The SMILES string of the molecule is Cn1c(=O)[nH]c2nc3ccc(Cl)cc3[n+]([O-])c2c1=O. The molecule has 0 spiro atoms. The van der Waals surface area contributed by atoms with Crippen molar-refractivity contribution in [2.75, 3.05) is 0 Å². The monoisotopic (exact) mass is 278 g/mol. The lowest BCUT2D eigenvalue weighted by Gasteiger charge is -2.05. The van der Waals surface area contributed by atoms with Crippen molar-refractivity contribution in [3.63, 3.8) is 0 Å². The van der Waals surface area contributed by atoms with E-state index in [0.29, 0.717) is 15.3 Å². The normalized spacial score (nSPS) is 11.3. The topological polar surface area (TPSA) is 94.7 Å². The molecular formula is C11H7ClN4O3. The van der Waals surface area contributed by atoms with Crippen molar-refractivity contribution in [2.24, 2.45) is 7.05 Å². The fourth-order valence-corrected chi connectivity index (χ4v) is 2.02. The van der Waals surface area contributed by atoms with E-state index in [2.05, 4.69) is 9.97 Å². The van der Waals surface area contributed by atoms with Gasteiger partial charge in [0.05, 0.1) is 0 Å². The maximum Gasteiger partial charge on any atom is 0.331 e. The summed E-state index contributed by atoms with van der Waals surface area (Å²) in [5.74, 6) is 0. The first kappa shape index (κ1) is 11.7. The first-order valence-electron chi connectivity index (χ1n) is 5.31. The van der Waals surface area contributed by atoms with Crippen LogP contribution in [0.15, 0.2) is 27.8 Å². The third kappa shape index (κ3) is 1.59. The average molecular weight is 279 g/mol. The van der Waals surface area contributed by atoms with E-state index < -0.39 is 11.2 Å². The number of hydrogen-bond donors (Lipinski definition) is 1. The van der Waals surface area contributed by atoms with E-state index in [1.165, 1.54) is 13.1 Å².